The van der Waals surface area contributed by atoms with Crippen LogP contribution in [0.1, 0.15) is 36.1 Å². The van der Waals surface area contributed by atoms with Gasteiger partial charge in [0.05, 0.1) is 5.56 Å². The summed E-state index contributed by atoms with van der Waals surface area (Å²) in [6, 6.07) is 19.2. The maximum atomic E-state index is 10.0. The van der Waals surface area contributed by atoms with Crippen LogP contribution in [0.15, 0.2) is 66.7 Å². The second-order valence-electron chi connectivity index (χ2n) is 8.35. The predicted octanol–water partition coefficient (Wildman–Crippen LogP) is 6.09. The van der Waals surface area contributed by atoms with Crippen molar-refractivity contribution in [1.29, 1.82) is 0 Å². The maximum absolute atomic E-state index is 10.0. The zero-order valence-electron chi connectivity index (χ0n) is 17.6. The highest BCUT2D eigenvalue weighted by Gasteiger charge is 2.27. The van der Waals surface area contributed by atoms with E-state index in [1.807, 2.05) is 68.5 Å². The molecule has 0 bridgehead atoms. The smallest absolute Gasteiger partial charge is 0.137 e. The summed E-state index contributed by atoms with van der Waals surface area (Å²) in [6.07, 6.45) is 6.24. The number of ether oxygens (including phenoxy) is 3. The third kappa shape index (κ3) is 3.89. The third-order valence-corrected chi connectivity index (χ3v) is 5.46. The summed E-state index contributed by atoms with van der Waals surface area (Å²) in [5, 5.41) is 10.0. The maximum Gasteiger partial charge on any atom is 0.137 e. The molecular weight excluding hydrogens is 388 g/mol. The van der Waals surface area contributed by atoms with Crippen molar-refractivity contribution < 1.29 is 19.3 Å². The van der Waals surface area contributed by atoms with Gasteiger partial charge < -0.3 is 19.3 Å². The van der Waals surface area contributed by atoms with E-state index < -0.39 is 0 Å². The number of rotatable bonds is 4. The zero-order chi connectivity index (χ0) is 21.4. The molecule has 156 valence electrons. The molecule has 5 rings (SSSR count). The number of hydrogen-bond donors (Lipinski definition) is 1. The molecule has 0 amide bonds. The first-order valence-corrected chi connectivity index (χ1v) is 10.4. The molecule has 0 aliphatic carbocycles. The molecule has 0 atom stereocenters. The number of benzene rings is 3. The Kier molecular flexibility index (Phi) is 4.70. The highest BCUT2D eigenvalue weighted by Crippen LogP contribution is 2.43. The van der Waals surface area contributed by atoms with E-state index in [-0.39, 0.29) is 11.4 Å². The van der Waals surface area contributed by atoms with Crippen molar-refractivity contribution in [3.05, 3.63) is 89.0 Å². The van der Waals surface area contributed by atoms with Crippen LogP contribution in [0.2, 0.25) is 0 Å². The van der Waals surface area contributed by atoms with Gasteiger partial charge in [-0.2, -0.15) is 0 Å². The Balaban J connectivity index is 1.48. The van der Waals surface area contributed by atoms with Crippen LogP contribution in [0, 0.1) is 0 Å². The zero-order valence-corrected chi connectivity index (χ0v) is 17.6. The highest BCUT2D eigenvalue weighted by molar-refractivity contribution is 5.90. The quantitative estimate of drug-likeness (QED) is 0.563. The van der Waals surface area contributed by atoms with Crippen molar-refractivity contribution >= 4 is 17.7 Å². The van der Waals surface area contributed by atoms with Crippen molar-refractivity contribution in [1.82, 2.24) is 0 Å². The van der Waals surface area contributed by atoms with Gasteiger partial charge >= 0.3 is 0 Å². The fourth-order valence-electron chi connectivity index (χ4n) is 3.89. The predicted molar refractivity (Wildman–Crippen MR) is 122 cm³/mol. The highest BCUT2D eigenvalue weighted by atomic mass is 16.5. The van der Waals surface area contributed by atoms with Gasteiger partial charge in [0.2, 0.25) is 0 Å². The Hall–Kier alpha value is -3.66. The molecule has 0 radical (unpaired) electrons. The van der Waals surface area contributed by atoms with E-state index in [1.165, 1.54) is 0 Å². The van der Waals surface area contributed by atoms with Gasteiger partial charge in [0.25, 0.3) is 0 Å². The Morgan fingerprint density at radius 1 is 1.03 bits per heavy atom. The van der Waals surface area contributed by atoms with Crippen LogP contribution in [0.5, 0.6) is 23.0 Å². The van der Waals surface area contributed by atoms with E-state index in [0.29, 0.717) is 19.0 Å². The lowest BCUT2D eigenvalue weighted by molar-refractivity contribution is 0.158. The summed E-state index contributed by atoms with van der Waals surface area (Å²) < 4.78 is 18.3. The monoisotopic (exact) mass is 412 g/mol. The Labute approximate surface area is 182 Å². The molecule has 0 fully saturated rings. The summed E-state index contributed by atoms with van der Waals surface area (Å²) >= 11 is 0. The molecule has 31 heavy (non-hydrogen) atoms. The van der Waals surface area contributed by atoms with Gasteiger partial charge in [0.15, 0.2) is 0 Å². The second-order valence-corrected chi connectivity index (χ2v) is 8.35. The largest absolute Gasteiger partial charge is 0.508 e. The summed E-state index contributed by atoms with van der Waals surface area (Å²) in [4.78, 5) is 0. The van der Waals surface area contributed by atoms with Crippen LogP contribution in [0.3, 0.4) is 0 Å². The molecular formula is C27H24O4. The Morgan fingerprint density at radius 3 is 2.71 bits per heavy atom. The number of aromatic hydroxyl groups is 1. The van der Waals surface area contributed by atoms with E-state index >= 15 is 0 Å². The van der Waals surface area contributed by atoms with Crippen LogP contribution in [-0.4, -0.2) is 17.3 Å². The Morgan fingerprint density at radius 2 is 1.87 bits per heavy atom. The molecule has 3 aromatic carbocycles. The minimum atomic E-state index is -0.325. The molecule has 2 aliphatic rings. The van der Waals surface area contributed by atoms with Gasteiger partial charge in [-0.3, -0.25) is 0 Å². The summed E-state index contributed by atoms with van der Waals surface area (Å²) in [7, 11) is 0. The number of fused-ring (bicyclic) bond motifs is 3. The molecule has 0 spiro atoms. The van der Waals surface area contributed by atoms with Crippen molar-refractivity contribution in [2.24, 2.45) is 0 Å². The van der Waals surface area contributed by atoms with Crippen LogP contribution in [0.4, 0.5) is 0 Å². The van der Waals surface area contributed by atoms with Crippen molar-refractivity contribution in [3.8, 4) is 23.0 Å². The van der Waals surface area contributed by atoms with Crippen molar-refractivity contribution in [2.75, 3.05) is 6.61 Å². The summed E-state index contributed by atoms with van der Waals surface area (Å²) in [5.41, 5.74) is 4.61. The average Bonchev–Trinajstić information content (AvgIpc) is 2.77. The Bertz CT molecular complexity index is 1190. The van der Waals surface area contributed by atoms with Gasteiger partial charge in [0, 0.05) is 22.8 Å². The van der Waals surface area contributed by atoms with Gasteiger partial charge in [-0.25, -0.2) is 0 Å². The molecule has 4 heteroatoms. The van der Waals surface area contributed by atoms with Crippen LogP contribution < -0.4 is 14.2 Å². The van der Waals surface area contributed by atoms with Gasteiger partial charge in [-0.05, 0) is 61.9 Å². The first kappa shape index (κ1) is 19.3. The van der Waals surface area contributed by atoms with Crippen LogP contribution in [0.25, 0.3) is 17.7 Å². The molecule has 2 heterocycles. The minimum absolute atomic E-state index is 0.170. The molecule has 3 aromatic rings. The molecule has 1 N–H and O–H groups in total. The van der Waals surface area contributed by atoms with Crippen molar-refractivity contribution in [2.45, 2.75) is 26.1 Å². The van der Waals surface area contributed by atoms with E-state index in [4.69, 9.17) is 14.2 Å². The van der Waals surface area contributed by atoms with E-state index in [0.717, 1.165) is 39.3 Å². The molecule has 0 unspecified atom stereocenters. The third-order valence-electron chi connectivity index (χ3n) is 5.46. The summed E-state index contributed by atoms with van der Waals surface area (Å²) in [5.74, 6) is 2.46. The lowest BCUT2D eigenvalue weighted by Crippen LogP contribution is -2.27. The standard InChI is InChI=1S/C27H24O4/c1-27(2)13-12-23-24(31-27)11-8-19-14-20(17-30-26(19)23)22-10-9-21(28)15-25(22)29-16-18-6-4-3-5-7-18/h3-15,28H,16-17H2,1-2H3. The second kappa shape index (κ2) is 7.55. The lowest BCUT2D eigenvalue weighted by atomic mass is 9.95. The van der Waals surface area contributed by atoms with Gasteiger partial charge in [-0.15, -0.1) is 0 Å². The number of phenolic OH excluding ortho intramolecular Hbond substituents is 1. The number of phenols is 1. The number of hydrogen-bond acceptors (Lipinski definition) is 4. The topological polar surface area (TPSA) is 47.9 Å². The van der Waals surface area contributed by atoms with Gasteiger partial charge in [-0.1, -0.05) is 30.3 Å². The average molecular weight is 412 g/mol. The first-order valence-electron chi connectivity index (χ1n) is 10.4. The fraction of sp³-hybridized carbons (Fsp3) is 0.185. The van der Waals surface area contributed by atoms with Crippen LogP contribution >= 0.6 is 0 Å². The fourth-order valence-corrected chi connectivity index (χ4v) is 3.89. The molecule has 4 nitrogen and oxygen atoms in total. The SMILES string of the molecule is CC1(C)C=Cc2c(ccc3c2OCC(c2ccc(O)cc2OCc2ccccc2)=C3)O1. The normalized spacial score (nSPS) is 15.7. The first-order chi connectivity index (χ1) is 15.0. The van der Waals surface area contributed by atoms with Crippen molar-refractivity contribution in [3.63, 3.8) is 0 Å². The van der Waals surface area contributed by atoms with E-state index in [1.54, 1.807) is 12.1 Å². The molecule has 0 saturated carbocycles. The lowest BCUT2D eigenvalue weighted by Gasteiger charge is -2.30. The van der Waals surface area contributed by atoms with E-state index in [9.17, 15) is 5.11 Å². The van der Waals surface area contributed by atoms with Gasteiger partial charge in [0.1, 0.15) is 41.8 Å². The molecule has 2 aliphatic heterocycles. The van der Waals surface area contributed by atoms with Crippen LogP contribution in [-0.2, 0) is 6.61 Å². The van der Waals surface area contributed by atoms with E-state index in [2.05, 4.69) is 12.2 Å². The summed E-state index contributed by atoms with van der Waals surface area (Å²) in [6.45, 7) is 4.90. The molecule has 0 aromatic heterocycles. The molecule has 0 saturated heterocycles. The minimum Gasteiger partial charge on any atom is -0.508 e.